The molecule has 3 rings (SSSR count). The molecule has 1 aliphatic rings. The maximum atomic E-state index is 12.5. The van der Waals surface area contributed by atoms with Crippen molar-refractivity contribution in [2.24, 2.45) is 0 Å². The molecule has 6 nitrogen and oxygen atoms in total. The second-order valence-corrected chi connectivity index (χ2v) is 6.50. The van der Waals surface area contributed by atoms with Crippen LogP contribution < -0.4 is 9.47 Å². The van der Waals surface area contributed by atoms with Gasteiger partial charge in [0.15, 0.2) is 6.61 Å². The Labute approximate surface area is 154 Å². The summed E-state index contributed by atoms with van der Waals surface area (Å²) in [4.78, 5) is 21.0. The Morgan fingerprint density at radius 2 is 2.08 bits per heavy atom. The number of nitrogens with zero attached hydrogens (tertiary/aromatic N) is 3. The average molecular weight is 355 g/mol. The van der Waals surface area contributed by atoms with E-state index in [1.165, 1.54) is 5.56 Å². The van der Waals surface area contributed by atoms with E-state index in [0.29, 0.717) is 18.0 Å². The molecule has 1 amide bonds. The van der Waals surface area contributed by atoms with E-state index in [1.54, 1.807) is 19.4 Å². The molecule has 0 N–H and O–H groups in total. The molecule has 0 unspecified atom stereocenters. The summed E-state index contributed by atoms with van der Waals surface area (Å²) in [6.45, 7) is 5.39. The normalized spacial score (nSPS) is 17.8. The van der Waals surface area contributed by atoms with Crippen LogP contribution in [-0.4, -0.2) is 60.1 Å². The second kappa shape index (κ2) is 8.67. The van der Waals surface area contributed by atoms with Gasteiger partial charge in [-0.1, -0.05) is 12.1 Å². The van der Waals surface area contributed by atoms with E-state index in [4.69, 9.17) is 9.47 Å². The maximum absolute atomic E-state index is 12.5. The van der Waals surface area contributed by atoms with Gasteiger partial charge in [-0.3, -0.25) is 14.7 Å². The molecule has 138 valence electrons. The van der Waals surface area contributed by atoms with E-state index in [1.807, 2.05) is 35.4 Å². The summed E-state index contributed by atoms with van der Waals surface area (Å²) in [6, 6.07) is 11.5. The molecule has 0 bridgehead atoms. The SMILES string of the molecule is COc1cccc(OCC(=O)N2CCN(Cc3cccnc3)C[C@@H]2C)c1. The van der Waals surface area contributed by atoms with Gasteiger partial charge < -0.3 is 14.4 Å². The van der Waals surface area contributed by atoms with Gasteiger partial charge >= 0.3 is 0 Å². The molecule has 0 spiro atoms. The van der Waals surface area contributed by atoms with Gasteiger partial charge in [0.25, 0.3) is 5.91 Å². The Morgan fingerprint density at radius 1 is 1.23 bits per heavy atom. The van der Waals surface area contributed by atoms with Crippen molar-refractivity contribution in [2.45, 2.75) is 19.5 Å². The molecule has 1 aromatic carbocycles. The molecule has 2 aromatic rings. The summed E-state index contributed by atoms with van der Waals surface area (Å²) in [5.41, 5.74) is 1.20. The summed E-state index contributed by atoms with van der Waals surface area (Å²) < 4.78 is 10.8. The molecule has 0 saturated carbocycles. The van der Waals surface area contributed by atoms with Crippen LogP contribution in [0.15, 0.2) is 48.8 Å². The number of ether oxygens (including phenoxy) is 2. The van der Waals surface area contributed by atoms with Crippen molar-refractivity contribution in [3.8, 4) is 11.5 Å². The van der Waals surface area contributed by atoms with E-state index in [-0.39, 0.29) is 18.6 Å². The number of hydrogen-bond donors (Lipinski definition) is 0. The lowest BCUT2D eigenvalue weighted by Crippen LogP contribution is -2.54. The van der Waals surface area contributed by atoms with E-state index >= 15 is 0 Å². The van der Waals surface area contributed by atoms with Crippen molar-refractivity contribution in [1.82, 2.24) is 14.8 Å². The van der Waals surface area contributed by atoms with Gasteiger partial charge in [-0.15, -0.1) is 0 Å². The summed E-state index contributed by atoms with van der Waals surface area (Å²) in [7, 11) is 1.61. The summed E-state index contributed by atoms with van der Waals surface area (Å²) >= 11 is 0. The predicted octanol–water partition coefficient (Wildman–Crippen LogP) is 2.20. The van der Waals surface area contributed by atoms with Gasteiger partial charge in [0.05, 0.1) is 7.11 Å². The topological polar surface area (TPSA) is 54.9 Å². The van der Waals surface area contributed by atoms with Gasteiger partial charge in [-0.05, 0) is 30.7 Å². The van der Waals surface area contributed by atoms with Crippen molar-refractivity contribution < 1.29 is 14.3 Å². The van der Waals surface area contributed by atoms with E-state index in [0.717, 1.165) is 19.6 Å². The zero-order chi connectivity index (χ0) is 18.4. The number of pyridine rings is 1. The van der Waals surface area contributed by atoms with Gasteiger partial charge in [-0.25, -0.2) is 0 Å². The molecule has 1 aliphatic heterocycles. The van der Waals surface area contributed by atoms with Crippen molar-refractivity contribution in [3.05, 3.63) is 54.4 Å². The lowest BCUT2D eigenvalue weighted by atomic mass is 10.1. The number of methoxy groups -OCH3 is 1. The first-order chi connectivity index (χ1) is 12.7. The molecular formula is C20H25N3O3. The number of carbonyl (C=O) groups excluding carboxylic acids is 1. The summed E-state index contributed by atoms with van der Waals surface area (Å²) in [6.07, 6.45) is 3.68. The van der Waals surface area contributed by atoms with Crippen LogP contribution in [0.3, 0.4) is 0 Å². The second-order valence-electron chi connectivity index (χ2n) is 6.50. The number of benzene rings is 1. The molecule has 26 heavy (non-hydrogen) atoms. The third kappa shape index (κ3) is 4.73. The first-order valence-corrected chi connectivity index (χ1v) is 8.83. The maximum Gasteiger partial charge on any atom is 0.260 e. The van der Waals surface area contributed by atoms with Crippen LogP contribution >= 0.6 is 0 Å². The van der Waals surface area contributed by atoms with Crippen molar-refractivity contribution >= 4 is 5.91 Å². The summed E-state index contributed by atoms with van der Waals surface area (Å²) in [5, 5.41) is 0. The highest BCUT2D eigenvalue weighted by atomic mass is 16.5. The molecule has 6 heteroatoms. The van der Waals surface area contributed by atoms with Crippen LogP contribution in [-0.2, 0) is 11.3 Å². The fourth-order valence-corrected chi connectivity index (χ4v) is 3.22. The third-order valence-electron chi connectivity index (χ3n) is 4.56. The van der Waals surface area contributed by atoms with Crippen LogP contribution in [0, 0.1) is 0 Å². The Hall–Kier alpha value is -2.60. The number of aromatic nitrogens is 1. The van der Waals surface area contributed by atoms with Crippen LogP contribution in [0.25, 0.3) is 0 Å². The molecule has 1 saturated heterocycles. The Bertz CT molecular complexity index is 723. The van der Waals surface area contributed by atoms with E-state index in [2.05, 4.69) is 22.9 Å². The fraction of sp³-hybridized carbons (Fsp3) is 0.400. The average Bonchev–Trinajstić information content (AvgIpc) is 2.67. The van der Waals surface area contributed by atoms with Crippen LogP contribution in [0.1, 0.15) is 12.5 Å². The fourth-order valence-electron chi connectivity index (χ4n) is 3.22. The first-order valence-electron chi connectivity index (χ1n) is 8.83. The van der Waals surface area contributed by atoms with E-state index in [9.17, 15) is 4.79 Å². The standard InChI is InChI=1S/C20H25N3O3/c1-16-13-22(14-17-5-4-8-21-12-17)9-10-23(16)20(24)15-26-19-7-3-6-18(11-19)25-2/h3-8,11-12,16H,9-10,13-15H2,1-2H3/t16-/m0/s1. The highest BCUT2D eigenvalue weighted by molar-refractivity contribution is 5.78. The zero-order valence-electron chi connectivity index (χ0n) is 15.3. The predicted molar refractivity (Wildman–Crippen MR) is 99.2 cm³/mol. The van der Waals surface area contributed by atoms with Gasteiger partial charge in [-0.2, -0.15) is 0 Å². The van der Waals surface area contributed by atoms with E-state index < -0.39 is 0 Å². The Kier molecular flexibility index (Phi) is 6.07. The monoisotopic (exact) mass is 355 g/mol. The van der Waals surface area contributed by atoms with Crippen molar-refractivity contribution in [3.63, 3.8) is 0 Å². The number of hydrogen-bond acceptors (Lipinski definition) is 5. The van der Waals surface area contributed by atoms with Crippen molar-refractivity contribution in [1.29, 1.82) is 0 Å². The largest absolute Gasteiger partial charge is 0.497 e. The molecule has 1 atom stereocenters. The minimum absolute atomic E-state index is 0.0151. The van der Waals surface area contributed by atoms with Crippen LogP contribution in [0.5, 0.6) is 11.5 Å². The highest BCUT2D eigenvalue weighted by Gasteiger charge is 2.27. The quantitative estimate of drug-likeness (QED) is 0.795. The molecule has 0 radical (unpaired) electrons. The first kappa shape index (κ1) is 18.2. The zero-order valence-corrected chi connectivity index (χ0v) is 15.3. The molecule has 0 aliphatic carbocycles. The Balaban J connectivity index is 1.49. The number of amides is 1. The lowest BCUT2D eigenvalue weighted by Gasteiger charge is -2.39. The molecule has 1 aromatic heterocycles. The van der Waals surface area contributed by atoms with Crippen molar-refractivity contribution in [2.75, 3.05) is 33.4 Å². The third-order valence-corrected chi connectivity index (χ3v) is 4.56. The van der Waals surface area contributed by atoms with Crippen LogP contribution in [0.4, 0.5) is 0 Å². The summed E-state index contributed by atoms with van der Waals surface area (Å²) in [5.74, 6) is 1.37. The molecular weight excluding hydrogens is 330 g/mol. The van der Waals surface area contributed by atoms with Gasteiger partial charge in [0.1, 0.15) is 11.5 Å². The lowest BCUT2D eigenvalue weighted by molar-refractivity contribution is -0.138. The Morgan fingerprint density at radius 3 is 2.81 bits per heavy atom. The minimum Gasteiger partial charge on any atom is -0.497 e. The number of rotatable bonds is 6. The van der Waals surface area contributed by atoms with Gasteiger partial charge in [0.2, 0.25) is 0 Å². The number of piperazine rings is 1. The molecule has 2 heterocycles. The minimum atomic E-state index is 0.0151. The van der Waals surface area contributed by atoms with Gasteiger partial charge in [0, 0.05) is 50.7 Å². The smallest absolute Gasteiger partial charge is 0.260 e. The molecule has 1 fully saturated rings. The van der Waals surface area contributed by atoms with Crippen LogP contribution in [0.2, 0.25) is 0 Å². The number of carbonyl (C=O) groups is 1. The highest BCUT2D eigenvalue weighted by Crippen LogP contribution is 2.19.